The maximum Gasteiger partial charge on any atom is 0.267 e. The molecule has 1 aliphatic rings. The summed E-state index contributed by atoms with van der Waals surface area (Å²) in [5, 5.41) is 3.21. The van der Waals surface area contributed by atoms with E-state index in [1.165, 1.54) is 29.3 Å². The van der Waals surface area contributed by atoms with Crippen molar-refractivity contribution in [3.8, 4) is 0 Å². The third-order valence-corrected chi connectivity index (χ3v) is 5.17. The lowest BCUT2D eigenvalue weighted by Crippen LogP contribution is -2.32. The van der Waals surface area contributed by atoms with Crippen molar-refractivity contribution in [1.29, 1.82) is 0 Å². The van der Waals surface area contributed by atoms with Crippen molar-refractivity contribution in [3.05, 3.63) is 64.6 Å². The van der Waals surface area contributed by atoms with Gasteiger partial charge in [0.2, 0.25) is 5.91 Å². The van der Waals surface area contributed by atoms with Crippen LogP contribution < -0.4 is 10.8 Å². The molecule has 0 saturated carbocycles. The summed E-state index contributed by atoms with van der Waals surface area (Å²) in [6.07, 6.45) is 6.68. The van der Waals surface area contributed by atoms with Crippen LogP contribution in [0.25, 0.3) is 6.08 Å². The first-order chi connectivity index (χ1) is 15.9. The lowest BCUT2D eigenvalue weighted by molar-refractivity contribution is -0.198. The van der Waals surface area contributed by atoms with E-state index in [2.05, 4.69) is 15.8 Å². The summed E-state index contributed by atoms with van der Waals surface area (Å²) in [5.74, 6) is -0.590. The Bertz CT molecular complexity index is 981. The van der Waals surface area contributed by atoms with Crippen LogP contribution in [0.3, 0.4) is 0 Å². The Labute approximate surface area is 196 Å². The molecule has 2 amide bonds. The van der Waals surface area contributed by atoms with Crippen LogP contribution in [-0.2, 0) is 25.7 Å². The predicted molar refractivity (Wildman–Crippen MR) is 122 cm³/mol. The molecule has 33 heavy (non-hydrogen) atoms. The van der Waals surface area contributed by atoms with Crippen molar-refractivity contribution in [2.75, 3.05) is 25.5 Å². The number of nitrogens with zero attached hydrogens (tertiary/aromatic N) is 2. The SMILES string of the molecule is CN(Cc1ccc(F)cc1)C(=O)CNc1ncc(C=CC(=O)NOC2CCCCO2)cc1Cl. The van der Waals surface area contributed by atoms with Crippen LogP contribution in [-0.4, -0.2) is 48.2 Å². The van der Waals surface area contributed by atoms with Crippen molar-refractivity contribution in [3.63, 3.8) is 0 Å². The summed E-state index contributed by atoms with van der Waals surface area (Å²) < 4.78 is 18.4. The Morgan fingerprint density at radius 2 is 2.12 bits per heavy atom. The number of carbonyl (C=O) groups is 2. The molecule has 1 aromatic heterocycles. The number of hydroxylamine groups is 1. The summed E-state index contributed by atoms with van der Waals surface area (Å²) >= 11 is 6.25. The molecule has 1 aromatic carbocycles. The van der Waals surface area contributed by atoms with Crippen molar-refractivity contribution in [2.24, 2.45) is 0 Å². The van der Waals surface area contributed by atoms with Gasteiger partial charge in [0, 0.05) is 38.9 Å². The Kier molecular flexibility index (Phi) is 9.17. The zero-order valence-corrected chi connectivity index (χ0v) is 19.0. The average molecular weight is 477 g/mol. The number of nitrogens with one attached hydrogen (secondary N) is 2. The average Bonchev–Trinajstić information content (AvgIpc) is 2.82. The maximum atomic E-state index is 13.0. The highest BCUT2D eigenvalue weighted by Gasteiger charge is 2.15. The number of anilines is 1. The largest absolute Gasteiger partial charge is 0.360 e. The number of aromatic nitrogens is 1. The van der Waals surface area contributed by atoms with E-state index in [-0.39, 0.29) is 18.3 Å². The number of hydrogen-bond acceptors (Lipinski definition) is 6. The first kappa shape index (κ1) is 24.6. The summed E-state index contributed by atoms with van der Waals surface area (Å²) in [5.41, 5.74) is 3.76. The highest BCUT2D eigenvalue weighted by atomic mass is 35.5. The highest BCUT2D eigenvalue weighted by molar-refractivity contribution is 6.33. The fourth-order valence-electron chi connectivity index (χ4n) is 3.05. The second-order valence-corrected chi connectivity index (χ2v) is 7.95. The molecule has 0 aliphatic carbocycles. The van der Waals surface area contributed by atoms with Gasteiger partial charge in [-0.3, -0.25) is 9.59 Å². The molecule has 176 valence electrons. The summed E-state index contributed by atoms with van der Waals surface area (Å²) in [6.45, 7) is 0.962. The molecule has 1 saturated heterocycles. The standard InChI is InChI=1S/C23H26ClFN4O4/c1-29(15-16-5-8-18(25)9-6-16)21(31)14-27-23-19(24)12-17(13-26-23)7-10-20(30)28-33-22-4-2-3-11-32-22/h5-10,12-13,22H,2-4,11,14-15H2,1H3,(H,26,27)(H,28,30). The van der Waals surface area contributed by atoms with Gasteiger partial charge < -0.3 is 15.0 Å². The molecule has 10 heteroatoms. The number of ether oxygens (including phenoxy) is 1. The molecular formula is C23H26ClFN4O4. The number of rotatable bonds is 9. The molecule has 2 N–H and O–H groups in total. The minimum atomic E-state index is -0.433. The quantitative estimate of drug-likeness (QED) is 0.425. The molecule has 2 heterocycles. The number of pyridine rings is 1. The molecule has 0 spiro atoms. The van der Waals surface area contributed by atoms with Crippen LogP contribution in [0.15, 0.2) is 42.6 Å². The van der Waals surface area contributed by atoms with Gasteiger partial charge in [-0.1, -0.05) is 23.7 Å². The monoisotopic (exact) mass is 476 g/mol. The molecular weight excluding hydrogens is 451 g/mol. The molecule has 1 atom stereocenters. The second kappa shape index (κ2) is 12.3. The normalized spacial score (nSPS) is 15.9. The van der Waals surface area contributed by atoms with Gasteiger partial charge in [0.15, 0.2) is 6.29 Å². The third-order valence-electron chi connectivity index (χ3n) is 4.88. The van der Waals surface area contributed by atoms with Gasteiger partial charge in [-0.2, -0.15) is 0 Å². The lowest BCUT2D eigenvalue weighted by Gasteiger charge is -2.21. The minimum absolute atomic E-state index is 0.0113. The zero-order valence-electron chi connectivity index (χ0n) is 18.2. The van der Waals surface area contributed by atoms with Crippen molar-refractivity contribution < 1.29 is 23.6 Å². The predicted octanol–water partition coefficient (Wildman–Crippen LogP) is 3.53. The van der Waals surface area contributed by atoms with E-state index < -0.39 is 12.2 Å². The van der Waals surface area contributed by atoms with E-state index in [0.717, 1.165) is 24.8 Å². The third kappa shape index (κ3) is 8.12. The van der Waals surface area contributed by atoms with E-state index in [1.807, 2.05) is 0 Å². The number of carbonyl (C=O) groups excluding carboxylic acids is 2. The lowest BCUT2D eigenvalue weighted by atomic mass is 10.2. The van der Waals surface area contributed by atoms with Gasteiger partial charge >= 0.3 is 0 Å². The van der Waals surface area contributed by atoms with Gasteiger partial charge in [-0.15, -0.1) is 0 Å². The molecule has 3 rings (SSSR count). The topological polar surface area (TPSA) is 92.8 Å². The van der Waals surface area contributed by atoms with Gasteiger partial charge in [0.05, 0.1) is 11.6 Å². The van der Waals surface area contributed by atoms with E-state index in [0.29, 0.717) is 29.6 Å². The molecule has 1 unspecified atom stereocenters. The van der Waals surface area contributed by atoms with E-state index in [4.69, 9.17) is 21.2 Å². The van der Waals surface area contributed by atoms with Crippen LogP contribution in [0.1, 0.15) is 30.4 Å². The number of likely N-dealkylation sites (N-methyl/N-ethyl adjacent to an activating group) is 1. The Morgan fingerprint density at radius 1 is 1.33 bits per heavy atom. The first-order valence-corrected chi connectivity index (χ1v) is 10.9. The summed E-state index contributed by atoms with van der Waals surface area (Å²) in [7, 11) is 1.66. The van der Waals surface area contributed by atoms with Crippen molar-refractivity contribution >= 4 is 35.3 Å². The first-order valence-electron chi connectivity index (χ1n) is 10.5. The Hall–Kier alpha value is -3.01. The van der Waals surface area contributed by atoms with E-state index >= 15 is 0 Å². The van der Waals surface area contributed by atoms with Crippen LogP contribution in [0.5, 0.6) is 0 Å². The molecule has 0 radical (unpaired) electrons. The maximum absolute atomic E-state index is 13.0. The Morgan fingerprint density at radius 3 is 2.82 bits per heavy atom. The number of hydrogen-bond donors (Lipinski definition) is 2. The summed E-state index contributed by atoms with van der Waals surface area (Å²) in [6, 6.07) is 7.60. The number of benzene rings is 1. The smallest absolute Gasteiger partial charge is 0.267 e. The van der Waals surface area contributed by atoms with Crippen LogP contribution in [0.2, 0.25) is 5.02 Å². The minimum Gasteiger partial charge on any atom is -0.360 e. The van der Waals surface area contributed by atoms with Gasteiger partial charge in [0.25, 0.3) is 5.91 Å². The molecule has 1 aliphatic heterocycles. The molecule has 1 fully saturated rings. The van der Waals surface area contributed by atoms with Crippen molar-refractivity contribution in [2.45, 2.75) is 32.1 Å². The van der Waals surface area contributed by atoms with Gasteiger partial charge in [-0.05, 0) is 48.2 Å². The number of halogens is 2. The van der Waals surface area contributed by atoms with E-state index in [1.54, 1.807) is 31.3 Å². The van der Waals surface area contributed by atoms with Gasteiger partial charge in [-0.25, -0.2) is 19.7 Å². The highest BCUT2D eigenvalue weighted by Crippen LogP contribution is 2.21. The van der Waals surface area contributed by atoms with Gasteiger partial charge in [0.1, 0.15) is 11.6 Å². The van der Waals surface area contributed by atoms with Crippen LogP contribution in [0.4, 0.5) is 10.2 Å². The van der Waals surface area contributed by atoms with Crippen LogP contribution >= 0.6 is 11.6 Å². The molecule has 0 bridgehead atoms. The number of amides is 2. The summed E-state index contributed by atoms with van der Waals surface area (Å²) in [4.78, 5) is 35.2. The Balaban J connectivity index is 1.45. The van der Waals surface area contributed by atoms with Crippen molar-refractivity contribution in [1.82, 2.24) is 15.4 Å². The zero-order chi connectivity index (χ0) is 23.6. The van der Waals surface area contributed by atoms with Crippen LogP contribution in [0, 0.1) is 5.82 Å². The fraction of sp³-hybridized carbons (Fsp3) is 0.348. The fourth-order valence-corrected chi connectivity index (χ4v) is 3.30. The molecule has 2 aromatic rings. The second-order valence-electron chi connectivity index (χ2n) is 7.54. The van der Waals surface area contributed by atoms with E-state index in [9.17, 15) is 14.0 Å². The molecule has 8 nitrogen and oxygen atoms in total.